The smallest absolute Gasteiger partial charge is 0.225 e. The standard InChI is InChI=1S/C18H24N4O2/c1-23-11-5-8-19-18-20-16(15-6-3-2-4-7-15)14-17(21-18)22-9-12-24-13-10-22/h2-4,6-7,14H,5,8-13H2,1H3,(H,19,20,21). The highest BCUT2D eigenvalue weighted by Crippen LogP contribution is 2.24. The molecule has 1 fully saturated rings. The van der Waals surface area contributed by atoms with Crippen molar-refractivity contribution in [2.75, 3.05) is 56.8 Å². The average Bonchev–Trinajstić information content (AvgIpc) is 2.66. The van der Waals surface area contributed by atoms with Gasteiger partial charge in [-0.3, -0.25) is 0 Å². The van der Waals surface area contributed by atoms with Crippen LogP contribution in [0.4, 0.5) is 11.8 Å². The van der Waals surface area contributed by atoms with Gasteiger partial charge in [-0.2, -0.15) is 4.98 Å². The van der Waals surface area contributed by atoms with Crippen molar-refractivity contribution in [3.63, 3.8) is 0 Å². The van der Waals surface area contributed by atoms with Crippen LogP contribution in [0.1, 0.15) is 6.42 Å². The van der Waals surface area contributed by atoms with Gasteiger partial charge < -0.3 is 19.7 Å². The van der Waals surface area contributed by atoms with E-state index in [-0.39, 0.29) is 0 Å². The molecule has 1 aromatic carbocycles. The summed E-state index contributed by atoms with van der Waals surface area (Å²) in [4.78, 5) is 11.6. The first-order valence-electron chi connectivity index (χ1n) is 8.37. The third-order valence-corrected chi connectivity index (χ3v) is 3.93. The Bertz CT molecular complexity index is 630. The molecule has 2 aromatic rings. The van der Waals surface area contributed by atoms with Gasteiger partial charge in [-0.1, -0.05) is 30.3 Å². The predicted molar refractivity (Wildman–Crippen MR) is 95.5 cm³/mol. The van der Waals surface area contributed by atoms with E-state index >= 15 is 0 Å². The molecule has 0 saturated carbocycles. The average molecular weight is 328 g/mol. The molecule has 0 radical (unpaired) electrons. The summed E-state index contributed by atoms with van der Waals surface area (Å²) in [7, 11) is 1.71. The normalized spacial score (nSPS) is 14.6. The van der Waals surface area contributed by atoms with E-state index in [4.69, 9.17) is 9.47 Å². The highest BCUT2D eigenvalue weighted by atomic mass is 16.5. The van der Waals surface area contributed by atoms with Gasteiger partial charge in [0.25, 0.3) is 0 Å². The summed E-state index contributed by atoms with van der Waals surface area (Å²) < 4.78 is 10.5. The first kappa shape index (κ1) is 16.7. The highest BCUT2D eigenvalue weighted by Gasteiger charge is 2.15. The molecule has 24 heavy (non-hydrogen) atoms. The Balaban J connectivity index is 1.84. The van der Waals surface area contributed by atoms with Gasteiger partial charge in [0.15, 0.2) is 0 Å². The van der Waals surface area contributed by atoms with Crippen molar-refractivity contribution in [3.8, 4) is 11.3 Å². The summed E-state index contributed by atoms with van der Waals surface area (Å²) in [6.07, 6.45) is 0.919. The first-order chi connectivity index (χ1) is 11.9. The van der Waals surface area contributed by atoms with E-state index < -0.39 is 0 Å². The molecule has 0 bridgehead atoms. The van der Waals surface area contributed by atoms with Crippen molar-refractivity contribution in [2.24, 2.45) is 0 Å². The Morgan fingerprint density at radius 3 is 2.71 bits per heavy atom. The molecule has 0 aliphatic carbocycles. The van der Waals surface area contributed by atoms with Crippen LogP contribution in [0.15, 0.2) is 36.4 Å². The number of nitrogens with one attached hydrogen (secondary N) is 1. The van der Waals surface area contributed by atoms with Crippen molar-refractivity contribution in [1.82, 2.24) is 9.97 Å². The fourth-order valence-electron chi connectivity index (χ4n) is 2.64. The quantitative estimate of drug-likeness (QED) is 0.788. The van der Waals surface area contributed by atoms with Gasteiger partial charge in [-0.15, -0.1) is 0 Å². The number of nitrogens with zero attached hydrogens (tertiary/aromatic N) is 3. The van der Waals surface area contributed by atoms with Crippen LogP contribution in [-0.2, 0) is 9.47 Å². The lowest BCUT2D eigenvalue weighted by Crippen LogP contribution is -2.37. The second-order valence-electron chi connectivity index (χ2n) is 5.67. The van der Waals surface area contributed by atoms with E-state index in [1.807, 2.05) is 18.2 Å². The number of methoxy groups -OCH3 is 1. The summed E-state index contributed by atoms with van der Waals surface area (Å²) in [5.74, 6) is 1.61. The molecule has 6 nitrogen and oxygen atoms in total. The molecular formula is C18H24N4O2. The minimum atomic E-state index is 0.661. The molecule has 1 aliphatic heterocycles. The lowest BCUT2D eigenvalue weighted by Gasteiger charge is -2.28. The Morgan fingerprint density at radius 2 is 1.96 bits per heavy atom. The number of rotatable bonds is 7. The Kier molecular flexibility index (Phi) is 5.98. The zero-order chi connectivity index (χ0) is 16.6. The fraction of sp³-hybridized carbons (Fsp3) is 0.444. The number of hydrogen-bond acceptors (Lipinski definition) is 6. The van der Waals surface area contributed by atoms with Gasteiger partial charge in [0.1, 0.15) is 5.82 Å². The Hall–Kier alpha value is -2.18. The lowest BCUT2D eigenvalue weighted by molar-refractivity contribution is 0.122. The summed E-state index contributed by atoms with van der Waals surface area (Å²) in [6.45, 7) is 4.70. The fourth-order valence-corrected chi connectivity index (χ4v) is 2.64. The van der Waals surface area contributed by atoms with Crippen LogP contribution >= 0.6 is 0 Å². The van der Waals surface area contributed by atoms with Crippen LogP contribution < -0.4 is 10.2 Å². The van der Waals surface area contributed by atoms with Gasteiger partial charge in [-0.25, -0.2) is 4.98 Å². The molecule has 128 valence electrons. The van der Waals surface area contributed by atoms with Crippen molar-refractivity contribution in [3.05, 3.63) is 36.4 Å². The molecule has 0 amide bonds. The predicted octanol–water partition coefficient (Wildman–Crippen LogP) is 2.43. The SMILES string of the molecule is COCCCNc1nc(-c2ccccc2)cc(N2CCOCC2)n1. The summed E-state index contributed by atoms with van der Waals surface area (Å²) >= 11 is 0. The topological polar surface area (TPSA) is 59.5 Å². The maximum atomic E-state index is 5.44. The van der Waals surface area contributed by atoms with Crippen LogP contribution in [0.2, 0.25) is 0 Å². The van der Waals surface area contributed by atoms with E-state index in [2.05, 4.69) is 38.4 Å². The number of anilines is 2. The van der Waals surface area contributed by atoms with E-state index in [0.29, 0.717) is 5.95 Å². The third-order valence-electron chi connectivity index (χ3n) is 3.93. The third kappa shape index (κ3) is 4.43. The van der Waals surface area contributed by atoms with E-state index in [9.17, 15) is 0 Å². The molecule has 0 unspecified atom stereocenters. The molecule has 2 heterocycles. The molecule has 1 N–H and O–H groups in total. The maximum Gasteiger partial charge on any atom is 0.225 e. The highest BCUT2D eigenvalue weighted by molar-refractivity contribution is 5.64. The second-order valence-corrected chi connectivity index (χ2v) is 5.67. The minimum absolute atomic E-state index is 0.661. The van der Waals surface area contributed by atoms with E-state index in [0.717, 1.165) is 63.0 Å². The van der Waals surface area contributed by atoms with Crippen molar-refractivity contribution < 1.29 is 9.47 Å². The van der Waals surface area contributed by atoms with Crippen molar-refractivity contribution in [1.29, 1.82) is 0 Å². The zero-order valence-electron chi connectivity index (χ0n) is 14.1. The van der Waals surface area contributed by atoms with Crippen LogP contribution in [0.3, 0.4) is 0 Å². The molecular weight excluding hydrogens is 304 g/mol. The van der Waals surface area contributed by atoms with Gasteiger partial charge in [0.2, 0.25) is 5.95 Å². The van der Waals surface area contributed by atoms with E-state index in [1.54, 1.807) is 7.11 Å². The summed E-state index contributed by atoms with van der Waals surface area (Å²) in [6, 6.07) is 12.3. The van der Waals surface area contributed by atoms with Crippen molar-refractivity contribution in [2.45, 2.75) is 6.42 Å². The molecule has 3 rings (SSSR count). The van der Waals surface area contributed by atoms with E-state index in [1.165, 1.54) is 0 Å². The Morgan fingerprint density at radius 1 is 1.17 bits per heavy atom. The number of ether oxygens (including phenoxy) is 2. The van der Waals surface area contributed by atoms with Gasteiger partial charge in [0, 0.05) is 45.0 Å². The zero-order valence-corrected chi connectivity index (χ0v) is 14.1. The molecule has 0 atom stereocenters. The number of morpholine rings is 1. The molecule has 1 aromatic heterocycles. The largest absolute Gasteiger partial charge is 0.385 e. The second kappa shape index (κ2) is 8.61. The van der Waals surface area contributed by atoms with Crippen molar-refractivity contribution >= 4 is 11.8 Å². The molecule has 1 aliphatic rings. The summed E-state index contributed by atoms with van der Waals surface area (Å²) in [5.41, 5.74) is 2.02. The van der Waals surface area contributed by atoms with Crippen LogP contribution in [-0.4, -0.2) is 56.5 Å². The summed E-state index contributed by atoms with van der Waals surface area (Å²) in [5, 5.41) is 3.31. The monoisotopic (exact) mass is 328 g/mol. The first-order valence-corrected chi connectivity index (χ1v) is 8.37. The van der Waals surface area contributed by atoms with Crippen LogP contribution in [0.25, 0.3) is 11.3 Å². The molecule has 0 spiro atoms. The minimum Gasteiger partial charge on any atom is -0.385 e. The number of aromatic nitrogens is 2. The lowest BCUT2D eigenvalue weighted by atomic mass is 10.1. The number of hydrogen-bond donors (Lipinski definition) is 1. The molecule has 1 saturated heterocycles. The van der Waals surface area contributed by atoms with Crippen LogP contribution in [0.5, 0.6) is 0 Å². The number of benzene rings is 1. The molecule has 6 heteroatoms. The Labute approximate surface area is 142 Å². The van der Waals surface area contributed by atoms with Gasteiger partial charge in [-0.05, 0) is 6.42 Å². The van der Waals surface area contributed by atoms with Gasteiger partial charge in [0.05, 0.1) is 18.9 Å². The maximum absolute atomic E-state index is 5.44. The van der Waals surface area contributed by atoms with Gasteiger partial charge >= 0.3 is 0 Å². The van der Waals surface area contributed by atoms with Crippen LogP contribution in [0, 0.1) is 0 Å².